The summed E-state index contributed by atoms with van der Waals surface area (Å²) in [7, 11) is 4.03. The van der Waals surface area contributed by atoms with Crippen LogP contribution in [-0.2, 0) is 4.79 Å². The summed E-state index contributed by atoms with van der Waals surface area (Å²) in [5.41, 5.74) is 1.96. The Hall–Kier alpha value is -1.31. The molecule has 1 amide bonds. The topological polar surface area (TPSA) is 36.4 Å². The van der Waals surface area contributed by atoms with Crippen molar-refractivity contribution in [2.45, 2.75) is 24.7 Å². The average molecular weight is 485 g/mol. The first-order valence-corrected chi connectivity index (χ1v) is 11.8. The molecule has 0 fully saturated rings. The number of hydrogen-bond donors (Lipinski definition) is 0. The Morgan fingerprint density at radius 3 is 2.60 bits per heavy atom. The van der Waals surface area contributed by atoms with E-state index in [2.05, 4.69) is 17.0 Å². The Bertz CT molecular complexity index is 964. The highest BCUT2D eigenvalue weighted by Crippen LogP contribution is 2.33. The molecule has 0 aliphatic heterocycles. The fraction of sp³-hybridized carbons (Fsp3) is 0.364. The number of thioether (sulfide) groups is 1. The quantitative estimate of drug-likeness (QED) is 0.270. The van der Waals surface area contributed by atoms with Crippen molar-refractivity contribution in [1.82, 2.24) is 9.88 Å². The van der Waals surface area contributed by atoms with Gasteiger partial charge >= 0.3 is 0 Å². The summed E-state index contributed by atoms with van der Waals surface area (Å²) in [5.74, 6) is 1.05. The number of hydrogen-bond acceptors (Lipinski definition) is 5. The molecular formula is C22H27Cl2N3OS2. The number of amides is 1. The minimum absolute atomic E-state index is 0. The largest absolute Gasteiger partial charge is 0.308 e. The van der Waals surface area contributed by atoms with E-state index in [1.165, 1.54) is 16.2 Å². The first-order valence-electron chi connectivity index (χ1n) is 9.63. The number of rotatable bonds is 9. The van der Waals surface area contributed by atoms with Crippen LogP contribution in [0.3, 0.4) is 0 Å². The van der Waals surface area contributed by atoms with Gasteiger partial charge in [-0.3, -0.25) is 9.69 Å². The van der Waals surface area contributed by atoms with Crippen molar-refractivity contribution in [2.75, 3.05) is 37.8 Å². The van der Waals surface area contributed by atoms with Gasteiger partial charge in [0.05, 0.1) is 10.2 Å². The van der Waals surface area contributed by atoms with E-state index >= 15 is 0 Å². The predicted octanol–water partition coefficient (Wildman–Crippen LogP) is 6.15. The van der Waals surface area contributed by atoms with Crippen molar-refractivity contribution in [3.05, 3.63) is 53.1 Å². The first-order chi connectivity index (χ1) is 13.9. The number of halogens is 2. The molecule has 3 aromatic rings. The molecule has 1 aromatic heterocycles. The number of likely N-dealkylation sites (N-methyl/N-ethyl adjacent to an activating group) is 1. The van der Waals surface area contributed by atoms with Gasteiger partial charge in [-0.25, -0.2) is 4.98 Å². The summed E-state index contributed by atoms with van der Waals surface area (Å²) >= 11 is 9.53. The molecule has 0 atom stereocenters. The molecule has 0 N–H and O–H groups in total. The fourth-order valence-electron chi connectivity index (χ4n) is 2.95. The summed E-state index contributed by atoms with van der Waals surface area (Å²) in [4.78, 5) is 23.0. The van der Waals surface area contributed by atoms with Crippen molar-refractivity contribution in [3.63, 3.8) is 0 Å². The third-order valence-electron chi connectivity index (χ3n) is 4.49. The van der Waals surface area contributed by atoms with Gasteiger partial charge in [0.15, 0.2) is 5.13 Å². The van der Waals surface area contributed by atoms with Gasteiger partial charge < -0.3 is 4.90 Å². The third-order valence-corrected chi connectivity index (χ3v) is 6.83. The predicted molar refractivity (Wildman–Crippen MR) is 134 cm³/mol. The van der Waals surface area contributed by atoms with Crippen molar-refractivity contribution in [2.24, 2.45) is 0 Å². The SMILES string of the molecule is Cc1cc(Cl)cc2sc(N(CCN(C)C)C(=O)CCCSc3ccccc3)nc12.Cl. The molecule has 4 nitrogen and oxygen atoms in total. The van der Waals surface area contributed by atoms with Gasteiger partial charge in [-0.1, -0.05) is 41.1 Å². The lowest BCUT2D eigenvalue weighted by Gasteiger charge is -2.22. The molecule has 1 heterocycles. The van der Waals surface area contributed by atoms with E-state index in [1.807, 2.05) is 56.3 Å². The van der Waals surface area contributed by atoms with Crippen molar-refractivity contribution < 1.29 is 4.79 Å². The second kappa shape index (κ2) is 11.9. The molecule has 2 aromatic carbocycles. The molecule has 0 aliphatic carbocycles. The molecule has 30 heavy (non-hydrogen) atoms. The number of carbonyl (C=O) groups excluding carboxylic acids is 1. The minimum atomic E-state index is 0. The van der Waals surface area contributed by atoms with Crippen LogP contribution < -0.4 is 4.90 Å². The first kappa shape index (κ1) is 25.0. The number of anilines is 1. The Balaban J connectivity index is 0.00000320. The molecular weight excluding hydrogens is 457 g/mol. The summed E-state index contributed by atoms with van der Waals surface area (Å²) in [6, 6.07) is 14.1. The molecule has 0 bridgehead atoms. The van der Waals surface area contributed by atoms with Gasteiger partial charge in [0.2, 0.25) is 5.91 Å². The lowest BCUT2D eigenvalue weighted by atomic mass is 10.2. The van der Waals surface area contributed by atoms with E-state index in [1.54, 1.807) is 11.8 Å². The third kappa shape index (κ3) is 6.86. The van der Waals surface area contributed by atoms with E-state index in [4.69, 9.17) is 16.6 Å². The molecule has 0 radical (unpaired) electrons. The lowest BCUT2D eigenvalue weighted by molar-refractivity contribution is -0.118. The smallest absolute Gasteiger partial charge is 0.228 e. The van der Waals surface area contributed by atoms with Crippen LogP contribution in [0.25, 0.3) is 10.2 Å². The van der Waals surface area contributed by atoms with Crippen molar-refractivity contribution in [3.8, 4) is 0 Å². The summed E-state index contributed by atoms with van der Waals surface area (Å²) in [5, 5.41) is 1.46. The molecule has 0 aliphatic rings. The molecule has 0 saturated heterocycles. The van der Waals surface area contributed by atoms with Crippen LogP contribution in [0.2, 0.25) is 5.02 Å². The second-order valence-corrected chi connectivity index (χ2v) is 9.79. The van der Waals surface area contributed by atoms with Crippen LogP contribution in [-0.4, -0.2) is 48.7 Å². The Morgan fingerprint density at radius 1 is 1.17 bits per heavy atom. The van der Waals surface area contributed by atoms with E-state index in [0.29, 0.717) is 18.0 Å². The van der Waals surface area contributed by atoms with Gasteiger partial charge in [-0.2, -0.15) is 0 Å². The number of nitrogens with zero attached hydrogens (tertiary/aromatic N) is 3. The zero-order valence-electron chi connectivity index (χ0n) is 17.4. The van der Waals surface area contributed by atoms with Crippen LogP contribution in [0, 0.1) is 6.92 Å². The fourth-order valence-corrected chi connectivity index (χ4v) is 5.29. The van der Waals surface area contributed by atoms with E-state index < -0.39 is 0 Å². The van der Waals surface area contributed by atoms with E-state index in [0.717, 1.165) is 39.6 Å². The second-order valence-electron chi connectivity index (χ2n) is 7.18. The monoisotopic (exact) mass is 483 g/mol. The maximum Gasteiger partial charge on any atom is 0.228 e. The van der Waals surface area contributed by atoms with Gasteiger partial charge in [-0.05, 0) is 63.0 Å². The molecule has 0 saturated carbocycles. The van der Waals surface area contributed by atoms with Gasteiger partial charge in [-0.15, -0.1) is 24.2 Å². The maximum atomic E-state index is 13.0. The Labute approximate surface area is 198 Å². The molecule has 0 spiro atoms. The highest BCUT2D eigenvalue weighted by atomic mass is 35.5. The molecule has 0 unspecified atom stereocenters. The van der Waals surface area contributed by atoms with Crippen LogP contribution in [0.4, 0.5) is 5.13 Å². The molecule has 3 rings (SSSR count). The van der Waals surface area contributed by atoms with Gasteiger partial charge in [0.25, 0.3) is 0 Å². The van der Waals surface area contributed by atoms with Crippen LogP contribution in [0.5, 0.6) is 0 Å². The Morgan fingerprint density at radius 2 is 1.90 bits per heavy atom. The summed E-state index contributed by atoms with van der Waals surface area (Å²) in [6.45, 7) is 3.43. The normalized spacial score (nSPS) is 11.0. The number of carbonyl (C=O) groups is 1. The number of aromatic nitrogens is 1. The number of aryl methyl sites for hydroxylation is 1. The minimum Gasteiger partial charge on any atom is -0.308 e. The zero-order chi connectivity index (χ0) is 20.8. The Kier molecular flexibility index (Phi) is 9.91. The molecule has 8 heteroatoms. The number of fused-ring (bicyclic) bond motifs is 1. The summed E-state index contributed by atoms with van der Waals surface area (Å²) in [6.07, 6.45) is 1.36. The number of thiazole rings is 1. The highest BCUT2D eigenvalue weighted by molar-refractivity contribution is 7.99. The van der Waals surface area contributed by atoms with E-state index in [9.17, 15) is 4.79 Å². The lowest BCUT2D eigenvalue weighted by Crippen LogP contribution is -2.36. The molecule has 162 valence electrons. The maximum absolute atomic E-state index is 13.0. The van der Waals surface area contributed by atoms with E-state index in [-0.39, 0.29) is 18.3 Å². The van der Waals surface area contributed by atoms with Gasteiger partial charge in [0.1, 0.15) is 0 Å². The number of benzene rings is 2. The van der Waals surface area contributed by atoms with Crippen molar-refractivity contribution in [1.29, 1.82) is 0 Å². The van der Waals surface area contributed by atoms with Crippen LogP contribution in [0.15, 0.2) is 47.4 Å². The van der Waals surface area contributed by atoms with Crippen molar-refractivity contribution >= 4 is 68.4 Å². The van der Waals surface area contributed by atoms with Crippen LogP contribution in [0.1, 0.15) is 18.4 Å². The zero-order valence-corrected chi connectivity index (χ0v) is 20.6. The summed E-state index contributed by atoms with van der Waals surface area (Å²) < 4.78 is 1.02. The average Bonchev–Trinajstić information content (AvgIpc) is 3.10. The highest BCUT2D eigenvalue weighted by Gasteiger charge is 2.20. The standard InChI is InChI=1S/C22H26ClN3OS2.ClH/c1-16-14-17(23)15-19-21(16)24-22(29-19)26(12-11-25(2)3)20(27)10-7-13-28-18-8-5-4-6-9-18;/h4-6,8-9,14-15H,7,10-13H2,1-3H3;1H. The van der Waals surface area contributed by atoms with Crippen LogP contribution >= 0.6 is 47.1 Å². The van der Waals surface area contributed by atoms with Gasteiger partial charge in [0, 0.05) is 29.4 Å².